The molecule has 0 bridgehead atoms. The van der Waals surface area contributed by atoms with Crippen molar-refractivity contribution in [1.29, 1.82) is 0 Å². The zero-order valence-corrected chi connectivity index (χ0v) is 54.6. The Labute approximate surface area is 506 Å². The minimum atomic E-state index is -4.65. The van der Waals surface area contributed by atoms with Crippen molar-refractivity contribution in [2.24, 2.45) is 0 Å². The lowest BCUT2D eigenvalue weighted by Gasteiger charge is -2.28. The van der Waals surface area contributed by atoms with Crippen LogP contribution in [0.1, 0.15) is 284 Å². The molecular formula is C72H126NO8P. The Balaban J connectivity index is 4.00. The largest absolute Gasteiger partial charge is 0.756 e. The predicted octanol–water partition coefficient (Wildman–Crippen LogP) is 21.1. The van der Waals surface area contributed by atoms with E-state index in [1.807, 2.05) is 21.1 Å². The Morgan fingerprint density at radius 1 is 0.390 bits per heavy atom. The molecule has 0 spiro atoms. The summed E-state index contributed by atoms with van der Waals surface area (Å²) in [6.45, 7) is 4.10. The molecule has 82 heavy (non-hydrogen) atoms. The van der Waals surface area contributed by atoms with E-state index in [2.05, 4.69) is 123 Å². The van der Waals surface area contributed by atoms with Crippen LogP contribution in [0.25, 0.3) is 0 Å². The molecule has 472 valence electrons. The maximum Gasteiger partial charge on any atom is 0.306 e. The summed E-state index contributed by atoms with van der Waals surface area (Å²) in [7, 11) is 1.16. The molecule has 0 heterocycles. The highest BCUT2D eigenvalue weighted by atomic mass is 31.2. The fraction of sp³-hybridized carbons (Fsp3) is 0.722. The highest BCUT2D eigenvalue weighted by Gasteiger charge is 2.22. The first kappa shape index (κ1) is 78.7. The van der Waals surface area contributed by atoms with Gasteiger partial charge >= 0.3 is 11.9 Å². The molecule has 0 aromatic rings. The van der Waals surface area contributed by atoms with Gasteiger partial charge in [-0.3, -0.25) is 14.2 Å². The number of likely N-dealkylation sites (N-methyl/N-ethyl adjacent to an activating group) is 1. The molecule has 0 amide bonds. The van der Waals surface area contributed by atoms with Crippen molar-refractivity contribution < 1.29 is 42.1 Å². The van der Waals surface area contributed by atoms with Crippen LogP contribution in [0.3, 0.4) is 0 Å². The van der Waals surface area contributed by atoms with E-state index in [9.17, 15) is 19.0 Å². The lowest BCUT2D eigenvalue weighted by Crippen LogP contribution is -2.37. The number of carbonyl (C=O) groups excluding carboxylic acids is 2. The van der Waals surface area contributed by atoms with Crippen LogP contribution in [-0.2, 0) is 32.7 Å². The number of allylic oxidation sites excluding steroid dienone is 18. The second-order valence-corrected chi connectivity index (χ2v) is 24.9. The number of hydrogen-bond donors (Lipinski definition) is 0. The molecule has 0 aliphatic rings. The topological polar surface area (TPSA) is 111 Å². The Morgan fingerprint density at radius 2 is 0.695 bits per heavy atom. The molecule has 0 rings (SSSR count). The van der Waals surface area contributed by atoms with Crippen LogP contribution in [0, 0.1) is 0 Å². The van der Waals surface area contributed by atoms with Crippen LogP contribution < -0.4 is 4.89 Å². The van der Waals surface area contributed by atoms with Crippen LogP contribution in [-0.4, -0.2) is 70.0 Å². The SMILES string of the molecule is CC/C=C\C/C=C\C/C=C\C/C=C\C/C=C\C/C=C\CCCCCCCCCCCCCCCCCCCCCCC(=O)OC(COC(=O)CCCCCCCC/C=C\C/C=C\C/C=C\CCCCC)COP(=O)([O-])OCC[N+](C)(C)C. The number of rotatable bonds is 61. The third kappa shape index (κ3) is 65.8. The first-order valence-corrected chi connectivity index (χ1v) is 35.1. The molecule has 0 aromatic heterocycles. The van der Waals surface area contributed by atoms with E-state index in [0.717, 1.165) is 96.3 Å². The normalized spacial score (nSPS) is 13.9. The fourth-order valence-corrected chi connectivity index (χ4v) is 9.87. The predicted molar refractivity (Wildman–Crippen MR) is 351 cm³/mol. The monoisotopic (exact) mass is 1160 g/mol. The highest BCUT2D eigenvalue weighted by Crippen LogP contribution is 2.38. The van der Waals surface area contributed by atoms with Gasteiger partial charge in [-0.15, -0.1) is 0 Å². The van der Waals surface area contributed by atoms with Gasteiger partial charge in [0, 0.05) is 12.8 Å². The van der Waals surface area contributed by atoms with Gasteiger partial charge in [0.2, 0.25) is 0 Å². The summed E-state index contributed by atoms with van der Waals surface area (Å²) in [4.78, 5) is 38.0. The van der Waals surface area contributed by atoms with E-state index in [1.54, 1.807) is 0 Å². The third-order valence-electron chi connectivity index (χ3n) is 14.3. The van der Waals surface area contributed by atoms with Crippen molar-refractivity contribution in [3.8, 4) is 0 Å². The van der Waals surface area contributed by atoms with E-state index in [0.29, 0.717) is 23.9 Å². The van der Waals surface area contributed by atoms with Crippen LogP contribution in [0.5, 0.6) is 0 Å². The first-order valence-electron chi connectivity index (χ1n) is 33.6. The fourth-order valence-electron chi connectivity index (χ4n) is 9.14. The minimum Gasteiger partial charge on any atom is -0.756 e. The van der Waals surface area contributed by atoms with Crippen LogP contribution in [0.2, 0.25) is 0 Å². The van der Waals surface area contributed by atoms with Crippen molar-refractivity contribution >= 4 is 19.8 Å². The summed E-state index contributed by atoms with van der Waals surface area (Å²) in [5, 5.41) is 0. The van der Waals surface area contributed by atoms with Gasteiger partial charge in [0.25, 0.3) is 7.82 Å². The number of hydrogen-bond acceptors (Lipinski definition) is 8. The van der Waals surface area contributed by atoms with Crippen LogP contribution >= 0.6 is 7.82 Å². The van der Waals surface area contributed by atoms with Gasteiger partial charge in [0.15, 0.2) is 6.10 Å². The molecule has 2 atom stereocenters. The molecule has 9 nitrogen and oxygen atoms in total. The number of carbonyl (C=O) groups is 2. The maximum atomic E-state index is 12.8. The summed E-state index contributed by atoms with van der Waals surface area (Å²) >= 11 is 0. The second-order valence-electron chi connectivity index (χ2n) is 23.5. The third-order valence-corrected chi connectivity index (χ3v) is 15.2. The van der Waals surface area contributed by atoms with Gasteiger partial charge < -0.3 is 27.9 Å². The van der Waals surface area contributed by atoms with E-state index < -0.39 is 32.5 Å². The lowest BCUT2D eigenvalue weighted by molar-refractivity contribution is -0.870. The van der Waals surface area contributed by atoms with Gasteiger partial charge in [0.1, 0.15) is 19.8 Å². The number of phosphoric ester groups is 1. The molecule has 0 fully saturated rings. The molecule has 0 aliphatic heterocycles. The molecule has 0 saturated carbocycles. The Hall–Kier alpha value is -3.33. The van der Waals surface area contributed by atoms with E-state index in [1.165, 1.54) is 148 Å². The minimum absolute atomic E-state index is 0.0358. The molecule has 2 unspecified atom stereocenters. The number of phosphoric acid groups is 1. The Kier molecular flexibility index (Phi) is 59.7. The molecule has 0 aromatic carbocycles. The highest BCUT2D eigenvalue weighted by molar-refractivity contribution is 7.45. The van der Waals surface area contributed by atoms with Crippen molar-refractivity contribution in [3.63, 3.8) is 0 Å². The Morgan fingerprint density at radius 3 is 1.04 bits per heavy atom. The molecule has 0 radical (unpaired) electrons. The quantitative estimate of drug-likeness (QED) is 0.0195. The van der Waals surface area contributed by atoms with Gasteiger partial charge in [-0.2, -0.15) is 0 Å². The smallest absolute Gasteiger partial charge is 0.306 e. The number of ether oxygens (including phenoxy) is 2. The number of esters is 2. The summed E-state index contributed by atoms with van der Waals surface area (Å²) in [6.07, 6.45) is 87.4. The van der Waals surface area contributed by atoms with Gasteiger partial charge in [-0.05, 0) is 103 Å². The second kappa shape index (κ2) is 62.2. The van der Waals surface area contributed by atoms with E-state index in [-0.39, 0.29) is 26.1 Å². The molecule has 0 N–H and O–H groups in total. The molecular weight excluding hydrogens is 1040 g/mol. The first-order chi connectivity index (χ1) is 40.0. The van der Waals surface area contributed by atoms with E-state index in [4.69, 9.17) is 18.5 Å². The maximum absolute atomic E-state index is 12.8. The van der Waals surface area contributed by atoms with Crippen molar-refractivity contribution in [3.05, 3.63) is 109 Å². The average Bonchev–Trinajstić information content (AvgIpc) is 3.46. The number of unbranched alkanes of at least 4 members (excludes halogenated alkanes) is 29. The average molecular weight is 1160 g/mol. The lowest BCUT2D eigenvalue weighted by atomic mass is 10.0. The summed E-state index contributed by atoms with van der Waals surface area (Å²) in [6, 6.07) is 0. The zero-order valence-electron chi connectivity index (χ0n) is 53.7. The number of quaternary nitrogens is 1. The van der Waals surface area contributed by atoms with Crippen LogP contribution in [0.4, 0.5) is 0 Å². The van der Waals surface area contributed by atoms with Crippen LogP contribution in [0.15, 0.2) is 109 Å². The molecule has 0 saturated heterocycles. The van der Waals surface area contributed by atoms with Crippen molar-refractivity contribution in [1.82, 2.24) is 0 Å². The molecule has 0 aliphatic carbocycles. The summed E-state index contributed by atoms with van der Waals surface area (Å²) in [5.74, 6) is -0.843. The van der Waals surface area contributed by atoms with Crippen molar-refractivity contribution in [2.45, 2.75) is 290 Å². The summed E-state index contributed by atoms with van der Waals surface area (Å²) < 4.78 is 34.2. The van der Waals surface area contributed by atoms with Gasteiger partial charge in [-0.25, -0.2) is 0 Å². The molecule has 10 heteroatoms. The zero-order chi connectivity index (χ0) is 59.8. The standard InChI is InChI=1S/C72H126NO8P/c1-6-8-10-12-14-16-18-20-22-24-26-27-28-29-30-31-32-33-34-35-36-37-38-39-40-41-42-43-44-45-47-49-51-53-55-57-59-61-63-65-72(75)81-70(69-80-82(76,77)79-67-66-73(3,4)5)68-78-71(74)64-62-60-58-56-54-52-50-48-46-25-23-21-19-17-15-13-11-9-7-2/h8,10,14-17,20-23,26-27,29-30,32-33,46,48,70H,6-7,9,11-13,18-19,24-25,28,31,34-45,47,49-69H2,1-5H3/b10-8-,16-14-,17-15-,22-20-,23-21-,27-26-,30-29-,33-32-,48-46-. The van der Waals surface area contributed by atoms with Gasteiger partial charge in [-0.1, -0.05) is 277 Å². The number of nitrogens with zero attached hydrogens (tertiary/aromatic N) is 1. The van der Waals surface area contributed by atoms with Crippen molar-refractivity contribution in [2.75, 3.05) is 47.5 Å². The van der Waals surface area contributed by atoms with E-state index >= 15 is 0 Å². The Bertz CT molecular complexity index is 1750. The van der Waals surface area contributed by atoms with Gasteiger partial charge in [0.05, 0.1) is 27.7 Å². The summed E-state index contributed by atoms with van der Waals surface area (Å²) in [5.41, 5.74) is 0.